The molecule has 5 nitrogen and oxygen atoms in total. The largest absolute Gasteiger partial charge is 0.337 e. The fraction of sp³-hybridized carbons (Fsp3) is 0.579. The first-order valence-corrected chi connectivity index (χ1v) is 8.80. The number of nitrogens with one attached hydrogen (secondary N) is 1. The highest BCUT2D eigenvalue weighted by atomic mass is 16.2. The molecule has 0 radical (unpaired) electrons. The Hall–Kier alpha value is -1.88. The lowest BCUT2D eigenvalue weighted by atomic mass is 10.0. The SMILES string of the molecule is Cc1cccc(N2CC(C(=O)N3CCNC(C)C3C)CC2=O)c1C. The number of aryl methyl sites for hydroxylation is 1. The Morgan fingerprint density at radius 2 is 2.00 bits per heavy atom. The van der Waals surface area contributed by atoms with Gasteiger partial charge in [-0.3, -0.25) is 9.59 Å². The molecule has 0 aliphatic carbocycles. The molecule has 2 aliphatic heterocycles. The minimum absolute atomic E-state index is 0.0536. The minimum atomic E-state index is -0.231. The molecule has 0 aromatic heterocycles. The topological polar surface area (TPSA) is 52.7 Å². The fourth-order valence-electron chi connectivity index (χ4n) is 3.74. The first-order chi connectivity index (χ1) is 11.4. The number of nitrogens with zero attached hydrogens (tertiary/aromatic N) is 2. The van der Waals surface area contributed by atoms with Gasteiger partial charge < -0.3 is 15.1 Å². The second-order valence-electron chi connectivity index (χ2n) is 7.14. The fourth-order valence-corrected chi connectivity index (χ4v) is 3.74. The van der Waals surface area contributed by atoms with Gasteiger partial charge in [0.1, 0.15) is 0 Å². The number of piperazine rings is 1. The summed E-state index contributed by atoms with van der Waals surface area (Å²) in [5.41, 5.74) is 3.22. The van der Waals surface area contributed by atoms with E-state index in [0.29, 0.717) is 13.0 Å². The van der Waals surface area contributed by atoms with Gasteiger partial charge in [-0.15, -0.1) is 0 Å². The van der Waals surface area contributed by atoms with Crippen molar-refractivity contribution in [3.63, 3.8) is 0 Å². The van der Waals surface area contributed by atoms with Crippen molar-refractivity contribution in [2.75, 3.05) is 24.5 Å². The van der Waals surface area contributed by atoms with Gasteiger partial charge in [0.05, 0.1) is 5.92 Å². The second kappa shape index (κ2) is 6.55. The summed E-state index contributed by atoms with van der Waals surface area (Å²) in [7, 11) is 0. The predicted octanol–water partition coefficient (Wildman–Crippen LogP) is 1.87. The molecule has 3 rings (SSSR count). The van der Waals surface area contributed by atoms with Crippen LogP contribution in [0.1, 0.15) is 31.4 Å². The van der Waals surface area contributed by atoms with Crippen molar-refractivity contribution < 1.29 is 9.59 Å². The number of carbonyl (C=O) groups is 2. The van der Waals surface area contributed by atoms with Crippen molar-refractivity contribution in [2.24, 2.45) is 5.92 Å². The highest BCUT2D eigenvalue weighted by molar-refractivity contribution is 6.01. The smallest absolute Gasteiger partial charge is 0.228 e. The zero-order valence-electron chi connectivity index (χ0n) is 15.0. The van der Waals surface area contributed by atoms with E-state index in [4.69, 9.17) is 0 Å². The molecule has 130 valence electrons. The van der Waals surface area contributed by atoms with Crippen LogP contribution in [0.3, 0.4) is 0 Å². The van der Waals surface area contributed by atoms with Crippen molar-refractivity contribution in [1.82, 2.24) is 10.2 Å². The summed E-state index contributed by atoms with van der Waals surface area (Å²) in [5, 5.41) is 3.39. The molecule has 5 heteroatoms. The van der Waals surface area contributed by atoms with Crippen LogP contribution in [0.4, 0.5) is 5.69 Å². The molecular weight excluding hydrogens is 302 g/mol. The summed E-state index contributed by atoms with van der Waals surface area (Å²) in [5.74, 6) is -0.0555. The van der Waals surface area contributed by atoms with Crippen molar-refractivity contribution in [2.45, 2.75) is 46.2 Å². The maximum atomic E-state index is 12.9. The summed E-state index contributed by atoms with van der Waals surface area (Å²) in [6, 6.07) is 6.44. The molecule has 2 amide bonds. The predicted molar refractivity (Wildman–Crippen MR) is 95.0 cm³/mol. The highest BCUT2D eigenvalue weighted by Gasteiger charge is 2.40. The van der Waals surface area contributed by atoms with Crippen LogP contribution >= 0.6 is 0 Å². The second-order valence-corrected chi connectivity index (χ2v) is 7.14. The molecular formula is C19H27N3O2. The Bertz CT molecular complexity index is 658. The Labute approximate surface area is 144 Å². The first-order valence-electron chi connectivity index (χ1n) is 8.80. The van der Waals surface area contributed by atoms with Crippen LogP contribution in [0, 0.1) is 19.8 Å². The van der Waals surface area contributed by atoms with Gasteiger partial charge in [-0.25, -0.2) is 0 Å². The molecule has 0 spiro atoms. The van der Waals surface area contributed by atoms with Crippen LogP contribution in [0.5, 0.6) is 0 Å². The van der Waals surface area contributed by atoms with E-state index in [-0.39, 0.29) is 29.8 Å². The maximum Gasteiger partial charge on any atom is 0.228 e. The van der Waals surface area contributed by atoms with Gasteiger partial charge in [0, 0.05) is 43.8 Å². The first kappa shape index (κ1) is 17.0. The zero-order valence-corrected chi connectivity index (χ0v) is 15.0. The average Bonchev–Trinajstić information content (AvgIpc) is 2.94. The number of hydrogen-bond donors (Lipinski definition) is 1. The maximum absolute atomic E-state index is 12.9. The molecule has 3 unspecified atom stereocenters. The molecule has 1 aromatic rings. The van der Waals surface area contributed by atoms with Crippen LogP contribution in [0.2, 0.25) is 0 Å². The van der Waals surface area contributed by atoms with E-state index in [0.717, 1.165) is 24.3 Å². The minimum Gasteiger partial charge on any atom is -0.337 e. The molecule has 2 aliphatic rings. The van der Waals surface area contributed by atoms with Crippen molar-refractivity contribution >= 4 is 17.5 Å². The van der Waals surface area contributed by atoms with Gasteiger partial charge in [0.15, 0.2) is 0 Å². The van der Waals surface area contributed by atoms with Gasteiger partial charge in [0.25, 0.3) is 0 Å². The van der Waals surface area contributed by atoms with Gasteiger partial charge >= 0.3 is 0 Å². The standard InChI is InChI=1S/C19H27N3O2/c1-12-6-5-7-17(13(12)2)22-11-16(10-18(22)23)19(24)21-9-8-20-14(3)15(21)4/h5-7,14-16,20H,8-11H2,1-4H3. The lowest BCUT2D eigenvalue weighted by Crippen LogP contribution is -2.58. The van der Waals surface area contributed by atoms with E-state index in [1.807, 2.05) is 36.9 Å². The molecule has 2 fully saturated rings. The number of amides is 2. The summed E-state index contributed by atoms with van der Waals surface area (Å²) in [6.07, 6.45) is 0.317. The zero-order chi connectivity index (χ0) is 17.4. The third-order valence-electron chi connectivity index (χ3n) is 5.66. The molecule has 24 heavy (non-hydrogen) atoms. The molecule has 3 atom stereocenters. The van der Waals surface area contributed by atoms with Crippen LogP contribution in [-0.2, 0) is 9.59 Å². The average molecular weight is 329 g/mol. The highest BCUT2D eigenvalue weighted by Crippen LogP contribution is 2.30. The van der Waals surface area contributed by atoms with Crippen molar-refractivity contribution in [3.8, 4) is 0 Å². The van der Waals surface area contributed by atoms with Gasteiger partial charge in [-0.2, -0.15) is 0 Å². The molecule has 1 aromatic carbocycles. The summed E-state index contributed by atoms with van der Waals surface area (Å²) in [6.45, 7) is 10.3. The number of anilines is 1. The molecule has 1 N–H and O–H groups in total. The van der Waals surface area contributed by atoms with Gasteiger partial charge in [-0.1, -0.05) is 12.1 Å². The number of carbonyl (C=O) groups excluding carboxylic acids is 2. The van der Waals surface area contributed by atoms with E-state index in [1.165, 1.54) is 5.56 Å². The van der Waals surface area contributed by atoms with E-state index < -0.39 is 0 Å². The Morgan fingerprint density at radius 3 is 2.75 bits per heavy atom. The lowest BCUT2D eigenvalue weighted by molar-refractivity contribution is -0.139. The van der Waals surface area contributed by atoms with Gasteiger partial charge in [-0.05, 0) is 44.9 Å². The van der Waals surface area contributed by atoms with Crippen LogP contribution in [0.25, 0.3) is 0 Å². The van der Waals surface area contributed by atoms with Crippen molar-refractivity contribution in [3.05, 3.63) is 29.3 Å². The molecule has 2 heterocycles. The Kier molecular flexibility index (Phi) is 4.63. The van der Waals surface area contributed by atoms with Crippen molar-refractivity contribution in [1.29, 1.82) is 0 Å². The van der Waals surface area contributed by atoms with Gasteiger partial charge in [0.2, 0.25) is 11.8 Å². The Morgan fingerprint density at radius 1 is 1.25 bits per heavy atom. The monoisotopic (exact) mass is 329 g/mol. The Balaban J connectivity index is 1.77. The summed E-state index contributed by atoms with van der Waals surface area (Å²) < 4.78 is 0. The molecule has 2 saturated heterocycles. The molecule has 0 saturated carbocycles. The normalized spacial score (nSPS) is 27.7. The third kappa shape index (κ3) is 2.93. The van der Waals surface area contributed by atoms with E-state index in [1.54, 1.807) is 4.90 Å². The summed E-state index contributed by atoms with van der Waals surface area (Å²) >= 11 is 0. The summed E-state index contributed by atoms with van der Waals surface area (Å²) in [4.78, 5) is 29.2. The third-order valence-corrected chi connectivity index (χ3v) is 5.66. The van der Waals surface area contributed by atoms with E-state index in [9.17, 15) is 9.59 Å². The van der Waals surface area contributed by atoms with E-state index in [2.05, 4.69) is 19.2 Å². The van der Waals surface area contributed by atoms with E-state index >= 15 is 0 Å². The number of hydrogen-bond acceptors (Lipinski definition) is 3. The quantitative estimate of drug-likeness (QED) is 0.901. The number of benzene rings is 1. The van der Waals surface area contributed by atoms with Crippen LogP contribution in [0.15, 0.2) is 18.2 Å². The van der Waals surface area contributed by atoms with Crippen LogP contribution in [-0.4, -0.2) is 48.4 Å². The number of rotatable bonds is 2. The van der Waals surface area contributed by atoms with Crippen LogP contribution < -0.4 is 10.2 Å². The molecule has 0 bridgehead atoms. The lowest BCUT2D eigenvalue weighted by Gasteiger charge is -2.39.